The molecule has 13 heteroatoms. The third kappa shape index (κ3) is 3.84. The van der Waals surface area contributed by atoms with Crippen molar-refractivity contribution in [1.82, 2.24) is 4.90 Å². The Labute approximate surface area is 253 Å². The molecule has 0 radical (unpaired) electrons. The zero-order chi connectivity index (χ0) is 30.3. The number of carboxylic acid groups (broad SMARTS) is 1. The molecule has 2 aromatic carbocycles. The molecule has 42 heavy (non-hydrogen) atoms. The summed E-state index contributed by atoms with van der Waals surface area (Å²) in [4.78, 5) is 63.9. The number of benzene rings is 2. The Hall–Kier alpha value is -3.47. The number of carbonyl (C=O) groups is 5. The third-order valence-electron chi connectivity index (χ3n) is 8.83. The van der Waals surface area contributed by atoms with Crippen molar-refractivity contribution in [3.8, 4) is 5.75 Å². The molecule has 4 aliphatic rings. The molecular formula is C29H22Cl3FN2O7. The number of aromatic hydroxyl groups is 1. The van der Waals surface area contributed by atoms with Crippen molar-refractivity contribution in [2.45, 2.75) is 34.9 Å². The van der Waals surface area contributed by atoms with Crippen LogP contribution in [0.15, 0.2) is 54.1 Å². The van der Waals surface area contributed by atoms with E-state index in [2.05, 4.69) is 0 Å². The van der Waals surface area contributed by atoms with Crippen molar-refractivity contribution >= 4 is 70.1 Å². The van der Waals surface area contributed by atoms with Gasteiger partial charge < -0.3 is 10.2 Å². The van der Waals surface area contributed by atoms with Gasteiger partial charge in [-0.15, -0.1) is 23.2 Å². The van der Waals surface area contributed by atoms with E-state index in [-0.39, 0.29) is 41.4 Å². The van der Waals surface area contributed by atoms with Crippen LogP contribution >= 0.6 is 34.8 Å². The van der Waals surface area contributed by atoms with Gasteiger partial charge in [-0.05, 0) is 60.7 Å². The van der Waals surface area contributed by atoms with Gasteiger partial charge in [0.05, 0.1) is 23.9 Å². The zero-order valence-electron chi connectivity index (χ0n) is 21.6. The molecule has 0 spiro atoms. The minimum atomic E-state index is -2.16. The number of alkyl halides is 2. The predicted molar refractivity (Wildman–Crippen MR) is 149 cm³/mol. The average molecular weight is 636 g/mol. The van der Waals surface area contributed by atoms with Gasteiger partial charge in [0.15, 0.2) is 9.75 Å². The lowest BCUT2D eigenvalue weighted by atomic mass is 9.56. The Balaban J connectivity index is 1.52. The summed E-state index contributed by atoms with van der Waals surface area (Å²) in [6.07, 6.45) is 1.09. The van der Waals surface area contributed by atoms with E-state index in [1.807, 2.05) is 0 Å². The minimum Gasteiger partial charge on any atom is -0.508 e. The molecule has 2 aromatic rings. The Morgan fingerprint density at radius 2 is 1.69 bits per heavy atom. The summed E-state index contributed by atoms with van der Waals surface area (Å²) in [5.74, 6) is -8.59. The number of rotatable bonds is 5. The number of likely N-dealkylation sites (tertiary alicyclic amines) is 1. The second kappa shape index (κ2) is 9.79. The van der Waals surface area contributed by atoms with E-state index in [0.29, 0.717) is 5.57 Å². The maximum absolute atomic E-state index is 14.2. The van der Waals surface area contributed by atoms with E-state index in [9.17, 15) is 33.5 Å². The molecule has 2 aliphatic heterocycles. The van der Waals surface area contributed by atoms with E-state index in [4.69, 9.17) is 39.9 Å². The van der Waals surface area contributed by atoms with Gasteiger partial charge in [-0.3, -0.25) is 28.9 Å². The first-order chi connectivity index (χ1) is 19.8. The number of halogens is 4. The Bertz CT molecular complexity index is 1610. The van der Waals surface area contributed by atoms with Crippen molar-refractivity contribution in [3.63, 3.8) is 0 Å². The van der Waals surface area contributed by atoms with Crippen LogP contribution in [0.25, 0.3) is 0 Å². The van der Waals surface area contributed by atoms with Crippen LogP contribution in [-0.2, 0) is 24.0 Å². The van der Waals surface area contributed by atoms with Gasteiger partial charge in [-0.1, -0.05) is 29.3 Å². The average Bonchev–Trinajstić information content (AvgIpc) is 3.26. The number of phenols is 1. The van der Waals surface area contributed by atoms with E-state index in [0.717, 1.165) is 21.9 Å². The first-order valence-electron chi connectivity index (χ1n) is 13.1. The molecule has 0 bridgehead atoms. The molecule has 0 unspecified atom stereocenters. The standard InChI is InChI=1S/C29H22Cl3FN2O7/c30-20-11-15(36)5-6-17(20)23-16-7-8-18-22(25(40)34(24(18)39)10-9-21(37)38)19(16)12-28(31)26(41)35(27(42)29(23,28)32)14-3-1-13(33)2-4-14/h1-7,11,18-19,22-23,36H,8-10,12H2,(H,37,38)/t18-,19+,22-,23+,28+,29-/m0/s1. The molecule has 6 rings (SSSR count). The maximum Gasteiger partial charge on any atom is 0.305 e. The van der Waals surface area contributed by atoms with E-state index >= 15 is 0 Å². The SMILES string of the molecule is O=C(O)CCN1C(=O)[C@H]2[C@H](CC=C3[C@H]2C[C@@]2(Cl)C(=O)N(c4ccc(F)cc4)C(=O)[C@@]2(Cl)[C@H]3c2ccc(O)cc2Cl)C1=O. The Morgan fingerprint density at radius 1 is 1.00 bits per heavy atom. The van der Waals surface area contributed by atoms with Gasteiger partial charge in [0.25, 0.3) is 11.8 Å². The molecule has 2 N–H and O–H groups in total. The highest BCUT2D eigenvalue weighted by molar-refractivity contribution is 6.58. The monoisotopic (exact) mass is 634 g/mol. The summed E-state index contributed by atoms with van der Waals surface area (Å²) < 4.78 is 13.7. The number of fused-ring (bicyclic) bond motifs is 4. The molecule has 2 heterocycles. The van der Waals surface area contributed by atoms with Gasteiger partial charge >= 0.3 is 5.97 Å². The Morgan fingerprint density at radius 3 is 2.33 bits per heavy atom. The number of phenolic OH excluding ortho intramolecular Hbond substituents is 1. The van der Waals surface area contributed by atoms with E-state index in [1.54, 1.807) is 6.08 Å². The molecule has 218 valence electrons. The summed E-state index contributed by atoms with van der Waals surface area (Å²) in [5, 5.41) is 19.2. The number of imide groups is 2. The summed E-state index contributed by atoms with van der Waals surface area (Å²) in [7, 11) is 0. The van der Waals surface area contributed by atoms with Gasteiger partial charge in [0.1, 0.15) is 11.6 Å². The van der Waals surface area contributed by atoms with E-state index < -0.39 is 75.3 Å². The molecule has 3 fully saturated rings. The first-order valence-corrected chi connectivity index (χ1v) is 14.2. The van der Waals surface area contributed by atoms with Crippen LogP contribution < -0.4 is 4.90 Å². The molecular weight excluding hydrogens is 614 g/mol. The quantitative estimate of drug-likeness (QED) is 0.286. The molecule has 1 saturated carbocycles. The maximum atomic E-state index is 14.2. The van der Waals surface area contributed by atoms with Crippen LogP contribution in [0.3, 0.4) is 0 Å². The van der Waals surface area contributed by atoms with Crippen molar-refractivity contribution in [1.29, 1.82) is 0 Å². The number of carboxylic acids is 1. The summed E-state index contributed by atoms with van der Waals surface area (Å²) in [6, 6.07) is 8.69. The number of hydrogen-bond acceptors (Lipinski definition) is 6. The lowest BCUT2D eigenvalue weighted by Gasteiger charge is -2.50. The molecule has 4 amide bonds. The normalized spacial score (nSPS) is 32.0. The number of carbonyl (C=O) groups excluding carboxylic acids is 4. The number of hydrogen-bond donors (Lipinski definition) is 2. The fourth-order valence-electron chi connectivity index (χ4n) is 6.99. The number of aliphatic carboxylic acids is 1. The van der Waals surface area contributed by atoms with E-state index in [1.165, 1.54) is 30.3 Å². The fourth-order valence-corrected chi connectivity index (χ4v) is 8.20. The van der Waals surface area contributed by atoms with Crippen LogP contribution in [0, 0.1) is 23.6 Å². The highest BCUT2D eigenvalue weighted by atomic mass is 35.5. The smallest absolute Gasteiger partial charge is 0.305 e. The second-order valence-corrected chi connectivity index (χ2v) is 12.6. The number of amides is 4. The zero-order valence-corrected chi connectivity index (χ0v) is 23.9. The number of anilines is 1. The van der Waals surface area contributed by atoms with Gasteiger partial charge in [-0.2, -0.15) is 0 Å². The van der Waals surface area contributed by atoms with Crippen molar-refractivity contribution < 1.29 is 38.6 Å². The molecule has 9 nitrogen and oxygen atoms in total. The summed E-state index contributed by atoms with van der Waals surface area (Å²) in [5.41, 5.74) is 0.794. The van der Waals surface area contributed by atoms with Gasteiger partial charge in [0.2, 0.25) is 11.8 Å². The van der Waals surface area contributed by atoms with Crippen LogP contribution in [0.4, 0.5) is 10.1 Å². The van der Waals surface area contributed by atoms with Gasteiger partial charge in [0, 0.05) is 17.5 Å². The fraction of sp³-hybridized carbons (Fsp3) is 0.345. The minimum absolute atomic E-state index is 0.0279. The van der Waals surface area contributed by atoms with Crippen molar-refractivity contribution in [3.05, 3.63) is 70.5 Å². The van der Waals surface area contributed by atoms with Crippen LogP contribution in [-0.4, -0.2) is 61.0 Å². The van der Waals surface area contributed by atoms with Crippen LogP contribution in [0.2, 0.25) is 5.02 Å². The molecule has 2 aliphatic carbocycles. The topological polar surface area (TPSA) is 132 Å². The highest BCUT2D eigenvalue weighted by Crippen LogP contribution is 2.66. The second-order valence-electron chi connectivity index (χ2n) is 10.9. The number of nitrogens with zero attached hydrogens (tertiary/aromatic N) is 2. The number of allylic oxidation sites excluding steroid dienone is 2. The Kier molecular flexibility index (Phi) is 6.67. The van der Waals surface area contributed by atoms with Crippen molar-refractivity contribution in [2.24, 2.45) is 17.8 Å². The summed E-state index contributed by atoms with van der Waals surface area (Å²) >= 11 is 21.0. The first kappa shape index (κ1) is 28.6. The third-order valence-corrected chi connectivity index (χ3v) is 10.6. The lowest BCUT2D eigenvalue weighted by Crippen LogP contribution is -2.60. The van der Waals surface area contributed by atoms with Crippen LogP contribution in [0.5, 0.6) is 5.75 Å². The predicted octanol–water partition coefficient (Wildman–Crippen LogP) is 4.22. The van der Waals surface area contributed by atoms with Crippen LogP contribution in [0.1, 0.15) is 30.7 Å². The molecule has 2 saturated heterocycles. The lowest BCUT2D eigenvalue weighted by molar-refractivity contribution is -0.142. The largest absolute Gasteiger partial charge is 0.508 e. The molecule has 6 atom stereocenters. The van der Waals surface area contributed by atoms with Gasteiger partial charge in [-0.25, -0.2) is 9.29 Å². The van der Waals surface area contributed by atoms with Crippen molar-refractivity contribution in [2.75, 3.05) is 11.4 Å². The summed E-state index contributed by atoms with van der Waals surface area (Å²) in [6.45, 7) is -0.309. The molecule has 0 aromatic heterocycles. The highest BCUT2D eigenvalue weighted by Gasteiger charge is 2.76.